The average molecular weight is 284 g/mol. The van der Waals surface area contributed by atoms with E-state index in [2.05, 4.69) is 4.98 Å². The maximum atomic E-state index is 12.3. The van der Waals surface area contributed by atoms with E-state index >= 15 is 0 Å². The van der Waals surface area contributed by atoms with Crippen molar-refractivity contribution in [2.24, 2.45) is 0 Å². The van der Waals surface area contributed by atoms with Crippen LogP contribution in [0.1, 0.15) is 22.4 Å². The molecule has 0 spiro atoms. The first-order chi connectivity index (χ1) is 10.1. The highest BCUT2D eigenvalue weighted by Crippen LogP contribution is 2.21. The van der Waals surface area contributed by atoms with Crippen LogP contribution >= 0.6 is 0 Å². The minimum absolute atomic E-state index is 0.0442. The molecule has 0 bridgehead atoms. The van der Waals surface area contributed by atoms with E-state index in [1.165, 1.54) is 16.8 Å². The maximum Gasteiger partial charge on any atom is 0.260 e. The third-order valence-corrected chi connectivity index (χ3v) is 4.18. The van der Waals surface area contributed by atoms with E-state index < -0.39 is 0 Å². The van der Waals surface area contributed by atoms with Gasteiger partial charge in [0.05, 0.1) is 0 Å². The quantitative estimate of drug-likeness (QED) is 0.941. The van der Waals surface area contributed by atoms with Crippen molar-refractivity contribution in [1.29, 1.82) is 0 Å². The Kier molecular flexibility index (Phi) is 3.69. The number of benzene rings is 1. The van der Waals surface area contributed by atoms with Crippen LogP contribution in [-0.4, -0.2) is 28.9 Å². The van der Waals surface area contributed by atoms with E-state index in [4.69, 9.17) is 4.74 Å². The summed E-state index contributed by atoms with van der Waals surface area (Å²) in [7, 11) is 0. The van der Waals surface area contributed by atoms with Gasteiger partial charge in [-0.25, -0.2) is 0 Å². The number of aryl methyl sites for hydroxylation is 1. The van der Waals surface area contributed by atoms with Crippen molar-refractivity contribution in [2.45, 2.75) is 26.8 Å². The highest BCUT2D eigenvalue weighted by molar-refractivity contribution is 5.78. The second-order valence-electron chi connectivity index (χ2n) is 5.53. The van der Waals surface area contributed by atoms with Gasteiger partial charge in [0.2, 0.25) is 0 Å². The van der Waals surface area contributed by atoms with Gasteiger partial charge in [0.1, 0.15) is 5.75 Å². The molecular weight excluding hydrogens is 264 g/mol. The molecule has 110 valence electrons. The molecule has 2 heterocycles. The molecule has 1 aliphatic rings. The largest absolute Gasteiger partial charge is 0.483 e. The van der Waals surface area contributed by atoms with Crippen molar-refractivity contribution in [3.05, 3.63) is 52.8 Å². The zero-order valence-electron chi connectivity index (χ0n) is 12.5. The van der Waals surface area contributed by atoms with Crippen LogP contribution in [0.4, 0.5) is 0 Å². The molecule has 0 saturated carbocycles. The lowest BCUT2D eigenvalue weighted by Gasteiger charge is -2.27. The molecule has 3 rings (SSSR count). The number of amides is 1. The summed E-state index contributed by atoms with van der Waals surface area (Å²) >= 11 is 0. The molecule has 1 N–H and O–H groups in total. The minimum atomic E-state index is 0.0442. The summed E-state index contributed by atoms with van der Waals surface area (Å²) in [6.07, 6.45) is 2.82. The lowest BCUT2D eigenvalue weighted by molar-refractivity contribution is -0.134. The van der Waals surface area contributed by atoms with Crippen molar-refractivity contribution in [3.63, 3.8) is 0 Å². The highest BCUT2D eigenvalue weighted by atomic mass is 16.5. The van der Waals surface area contributed by atoms with E-state index in [1.54, 1.807) is 0 Å². The molecule has 1 aliphatic heterocycles. The van der Waals surface area contributed by atoms with Gasteiger partial charge in [-0.05, 0) is 42.7 Å². The molecule has 1 aromatic heterocycles. The molecule has 21 heavy (non-hydrogen) atoms. The van der Waals surface area contributed by atoms with Crippen LogP contribution < -0.4 is 4.74 Å². The smallest absolute Gasteiger partial charge is 0.260 e. The number of nitrogens with zero attached hydrogens (tertiary/aromatic N) is 1. The average Bonchev–Trinajstić information content (AvgIpc) is 2.96. The molecule has 1 amide bonds. The highest BCUT2D eigenvalue weighted by Gasteiger charge is 2.21. The first-order valence-electron chi connectivity index (χ1n) is 7.27. The number of rotatable bonds is 3. The van der Waals surface area contributed by atoms with Crippen LogP contribution in [0.5, 0.6) is 5.75 Å². The number of H-pyrrole nitrogens is 1. The van der Waals surface area contributed by atoms with Gasteiger partial charge in [0, 0.05) is 31.4 Å². The lowest BCUT2D eigenvalue weighted by atomic mass is 10.1. The van der Waals surface area contributed by atoms with Gasteiger partial charge in [-0.15, -0.1) is 0 Å². The number of nitrogens with one attached hydrogen (secondary N) is 1. The lowest BCUT2D eigenvalue weighted by Crippen LogP contribution is -2.38. The Bertz CT molecular complexity index is 661. The fourth-order valence-electron chi connectivity index (χ4n) is 2.67. The standard InChI is InChI=1S/C17H20N2O2/c1-12-4-3-5-16(13(12)2)21-11-17(20)19-9-7-15-14(10-19)6-8-18-15/h3-6,8,18H,7,9-11H2,1-2H3. The van der Waals surface area contributed by atoms with Crippen LogP contribution in [0.15, 0.2) is 30.5 Å². The van der Waals surface area contributed by atoms with Crippen LogP contribution in [0.2, 0.25) is 0 Å². The van der Waals surface area contributed by atoms with Gasteiger partial charge in [-0.1, -0.05) is 12.1 Å². The summed E-state index contributed by atoms with van der Waals surface area (Å²) in [4.78, 5) is 17.4. The predicted molar refractivity (Wildman–Crippen MR) is 81.3 cm³/mol. The van der Waals surface area contributed by atoms with Crippen molar-refractivity contribution in [3.8, 4) is 5.75 Å². The Morgan fingerprint density at radius 3 is 3.05 bits per heavy atom. The molecule has 0 aliphatic carbocycles. The second-order valence-corrected chi connectivity index (χ2v) is 5.53. The van der Waals surface area contributed by atoms with Gasteiger partial charge in [-0.2, -0.15) is 0 Å². The van der Waals surface area contributed by atoms with Gasteiger partial charge in [0.15, 0.2) is 6.61 Å². The molecular formula is C17H20N2O2. The van der Waals surface area contributed by atoms with Crippen LogP contribution in [-0.2, 0) is 17.8 Å². The van der Waals surface area contributed by atoms with E-state index in [-0.39, 0.29) is 12.5 Å². The van der Waals surface area contributed by atoms with E-state index in [1.807, 2.05) is 49.2 Å². The van der Waals surface area contributed by atoms with Crippen LogP contribution in [0, 0.1) is 13.8 Å². The minimum Gasteiger partial charge on any atom is -0.483 e. The number of fused-ring (bicyclic) bond motifs is 1. The first kappa shape index (κ1) is 13.7. The van der Waals surface area contributed by atoms with Crippen molar-refractivity contribution in [1.82, 2.24) is 9.88 Å². The molecule has 2 aromatic rings. The normalized spacial score (nSPS) is 13.9. The first-order valence-corrected chi connectivity index (χ1v) is 7.27. The monoisotopic (exact) mass is 284 g/mol. The second kappa shape index (κ2) is 5.64. The summed E-state index contributed by atoms with van der Waals surface area (Å²) in [5.74, 6) is 0.838. The van der Waals surface area contributed by atoms with E-state index in [0.717, 1.165) is 24.3 Å². The molecule has 0 saturated heterocycles. The molecule has 4 nitrogen and oxygen atoms in total. The summed E-state index contributed by atoms with van der Waals surface area (Å²) < 4.78 is 5.70. The molecule has 0 atom stereocenters. The number of ether oxygens (including phenoxy) is 1. The number of aromatic amines is 1. The summed E-state index contributed by atoms with van der Waals surface area (Å²) in [6, 6.07) is 7.95. The Labute approximate surface area is 124 Å². The Hall–Kier alpha value is -2.23. The van der Waals surface area contributed by atoms with Crippen molar-refractivity contribution >= 4 is 5.91 Å². The van der Waals surface area contributed by atoms with E-state index in [9.17, 15) is 4.79 Å². The van der Waals surface area contributed by atoms with Crippen molar-refractivity contribution < 1.29 is 9.53 Å². The van der Waals surface area contributed by atoms with Crippen molar-refractivity contribution in [2.75, 3.05) is 13.2 Å². The fraction of sp³-hybridized carbons (Fsp3) is 0.353. The number of aromatic nitrogens is 1. The topological polar surface area (TPSA) is 45.3 Å². The maximum absolute atomic E-state index is 12.3. The SMILES string of the molecule is Cc1cccc(OCC(=O)N2CCc3[nH]ccc3C2)c1C. The third-order valence-electron chi connectivity index (χ3n) is 4.18. The number of hydrogen-bond donors (Lipinski definition) is 1. The Morgan fingerprint density at radius 2 is 2.19 bits per heavy atom. The van der Waals surface area contributed by atoms with Crippen LogP contribution in [0.25, 0.3) is 0 Å². The zero-order chi connectivity index (χ0) is 14.8. The molecule has 1 aromatic carbocycles. The molecule has 0 fully saturated rings. The van der Waals surface area contributed by atoms with Crippen LogP contribution in [0.3, 0.4) is 0 Å². The van der Waals surface area contributed by atoms with Gasteiger partial charge in [0.25, 0.3) is 5.91 Å². The zero-order valence-corrected chi connectivity index (χ0v) is 12.5. The Balaban J connectivity index is 1.61. The number of hydrogen-bond acceptors (Lipinski definition) is 2. The summed E-state index contributed by atoms with van der Waals surface area (Å²) in [6.45, 7) is 5.59. The molecule has 0 radical (unpaired) electrons. The molecule has 0 unspecified atom stereocenters. The van der Waals surface area contributed by atoms with E-state index in [0.29, 0.717) is 6.54 Å². The van der Waals surface area contributed by atoms with Gasteiger partial charge >= 0.3 is 0 Å². The third kappa shape index (κ3) is 2.79. The Morgan fingerprint density at radius 1 is 1.33 bits per heavy atom. The summed E-state index contributed by atoms with van der Waals surface area (Å²) in [5.41, 5.74) is 4.72. The summed E-state index contributed by atoms with van der Waals surface area (Å²) in [5, 5.41) is 0. The number of carbonyl (C=O) groups excluding carboxylic acids is 1. The number of carbonyl (C=O) groups is 1. The predicted octanol–water partition coefficient (Wildman–Crippen LogP) is 2.60. The van der Waals surface area contributed by atoms with Gasteiger partial charge in [-0.3, -0.25) is 4.79 Å². The van der Waals surface area contributed by atoms with Gasteiger partial charge < -0.3 is 14.6 Å². The fourth-order valence-corrected chi connectivity index (χ4v) is 2.67. The molecule has 4 heteroatoms.